The number of rotatable bonds is 4. The van der Waals surface area contributed by atoms with Gasteiger partial charge in [0.1, 0.15) is 0 Å². The summed E-state index contributed by atoms with van der Waals surface area (Å²) in [5.41, 5.74) is 2.84. The lowest BCUT2D eigenvalue weighted by molar-refractivity contribution is -0.0523. The molecule has 1 saturated heterocycles. The lowest BCUT2D eigenvalue weighted by atomic mass is 10.1. The van der Waals surface area contributed by atoms with Crippen molar-refractivity contribution in [1.29, 1.82) is 0 Å². The molecule has 1 N–H and O–H groups in total. The number of aromatic nitrogens is 1. The zero-order chi connectivity index (χ0) is 14.0. The highest BCUT2D eigenvalue weighted by Gasteiger charge is 2.27. The highest BCUT2D eigenvalue weighted by molar-refractivity contribution is 5.98. The van der Waals surface area contributed by atoms with Crippen LogP contribution in [0.25, 0.3) is 0 Å². The first-order valence-corrected chi connectivity index (χ1v) is 7.06. The van der Waals surface area contributed by atoms with Crippen molar-refractivity contribution in [3.63, 3.8) is 0 Å². The van der Waals surface area contributed by atoms with Gasteiger partial charge in [0.2, 0.25) is 0 Å². The Labute approximate surface area is 115 Å². The molecule has 4 heteroatoms. The van der Waals surface area contributed by atoms with Crippen LogP contribution in [0, 0.1) is 13.8 Å². The highest BCUT2D eigenvalue weighted by Crippen LogP contribution is 2.17. The quantitative estimate of drug-likeness (QED) is 0.849. The van der Waals surface area contributed by atoms with Gasteiger partial charge in [0, 0.05) is 29.5 Å². The van der Waals surface area contributed by atoms with Gasteiger partial charge >= 0.3 is 0 Å². The minimum Gasteiger partial charge on any atom is -0.376 e. The predicted molar refractivity (Wildman–Crippen MR) is 75.7 cm³/mol. The molecule has 1 aromatic heterocycles. The number of carbonyl (C=O) groups is 1. The van der Waals surface area contributed by atoms with Crippen molar-refractivity contribution < 1.29 is 9.53 Å². The maximum absolute atomic E-state index is 12.4. The molecular weight excluding hydrogens is 240 g/mol. The van der Waals surface area contributed by atoms with Gasteiger partial charge in [-0.15, -0.1) is 0 Å². The Morgan fingerprint density at radius 3 is 2.84 bits per heavy atom. The van der Waals surface area contributed by atoms with Crippen molar-refractivity contribution in [2.45, 2.75) is 46.3 Å². The molecular formula is C15H24N2O2. The summed E-state index contributed by atoms with van der Waals surface area (Å²) in [6, 6.07) is 2.31. The summed E-state index contributed by atoms with van der Waals surface area (Å²) in [6.45, 7) is 10.2. The van der Waals surface area contributed by atoms with Crippen LogP contribution < -0.4 is 0 Å². The van der Waals surface area contributed by atoms with E-state index in [1.807, 2.05) is 19.9 Å². The van der Waals surface area contributed by atoms with Gasteiger partial charge in [-0.2, -0.15) is 0 Å². The van der Waals surface area contributed by atoms with Crippen LogP contribution >= 0.6 is 0 Å². The summed E-state index contributed by atoms with van der Waals surface area (Å²) in [5, 5.41) is 0. The van der Waals surface area contributed by atoms with E-state index >= 15 is 0 Å². The smallest absolute Gasteiger partial charge is 0.178 e. The van der Waals surface area contributed by atoms with Gasteiger partial charge in [0.15, 0.2) is 5.78 Å². The van der Waals surface area contributed by atoms with E-state index in [-0.39, 0.29) is 11.9 Å². The number of nitrogens with zero attached hydrogens (tertiary/aromatic N) is 1. The number of ketones is 1. The van der Waals surface area contributed by atoms with Gasteiger partial charge in [0.25, 0.3) is 0 Å². The summed E-state index contributed by atoms with van der Waals surface area (Å²) in [7, 11) is 0. The van der Waals surface area contributed by atoms with E-state index in [0.29, 0.717) is 12.6 Å². The first-order chi connectivity index (χ1) is 9.01. The third-order valence-corrected chi connectivity index (χ3v) is 3.85. The molecule has 0 saturated carbocycles. The largest absolute Gasteiger partial charge is 0.376 e. The van der Waals surface area contributed by atoms with Crippen LogP contribution in [0.1, 0.15) is 42.0 Å². The molecule has 2 heterocycles. The number of aromatic amines is 1. The minimum atomic E-state index is 0.203. The van der Waals surface area contributed by atoms with Gasteiger partial charge in [-0.3, -0.25) is 9.69 Å². The highest BCUT2D eigenvalue weighted by atomic mass is 16.5. The van der Waals surface area contributed by atoms with E-state index in [0.717, 1.165) is 36.5 Å². The van der Waals surface area contributed by atoms with Gasteiger partial charge in [0.05, 0.1) is 19.3 Å². The first kappa shape index (κ1) is 14.3. The van der Waals surface area contributed by atoms with Crippen molar-refractivity contribution in [2.24, 2.45) is 0 Å². The fourth-order valence-electron chi connectivity index (χ4n) is 2.77. The zero-order valence-electron chi connectivity index (χ0n) is 12.3. The van der Waals surface area contributed by atoms with E-state index in [1.165, 1.54) is 0 Å². The molecule has 19 heavy (non-hydrogen) atoms. The summed E-state index contributed by atoms with van der Waals surface area (Å²) in [4.78, 5) is 17.9. The molecule has 1 aromatic rings. The Hall–Kier alpha value is -1.13. The van der Waals surface area contributed by atoms with E-state index in [9.17, 15) is 4.79 Å². The van der Waals surface area contributed by atoms with Gasteiger partial charge in [-0.05, 0) is 33.3 Å². The van der Waals surface area contributed by atoms with Crippen LogP contribution in [-0.4, -0.2) is 47.5 Å². The van der Waals surface area contributed by atoms with Gasteiger partial charge in [-0.1, -0.05) is 6.92 Å². The monoisotopic (exact) mass is 264 g/mol. The molecule has 2 rings (SSSR count). The minimum absolute atomic E-state index is 0.203. The number of H-pyrrole nitrogens is 1. The first-order valence-electron chi connectivity index (χ1n) is 7.06. The molecule has 4 nitrogen and oxygen atoms in total. The van der Waals surface area contributed by atoms with E-state index in [1.54, 1.807) is 0 Å². The number of hydrogen-bond acceptors (Lipinski definition) is 3. The fraction of sp³-hybridized carbons (Fsp3) is 0.667. The SMILES string of the molecule is CCC1COC(C)CN1CC(=O)c1cc(C)[nH]c1C. The second kappa shape index (κ2) is 5.88. The Morgan fingerprint density at radius 1 is 1.53 bits per heavy atom. The molecule has 0 radical (unpaired) electrons. The zero-order valence-corrected chi connectivity index (χ0v) is 12.3. The Morgan fingerprint density at radius 2 is 2.26 bits per heavy atom. The molecule has 0 aromatic carbocycles. The van der Waals surface area contributed by atoms with Gasteiger partial charge < -0.3 is 9.72 Å². The predicted octanol–water partition coefficient (Wildman–Crippen LogP) is 2.31. The van der Waals surface area contributed by atoms with Crippen molar-refractivity contribution >= 4 is 5.78 Å². The molecule has 106 valence electrons. The number of ether oxygens (including phenoxy) is 1. The summed E-state index contributed by atoms with van der Waals surface area (Å²) in [6.07, 6.45) is 1.23. The van der Waals surface area contributed by atoms with Crippen molar-refractivity contribution in [3.05, 3.63) is 23.0 Å². The summed E-state index contributed by atoms with van der Waals surface area (Å²) < 4.78 is 5.67. The van der Waals surface area contributed by atoms with Gasteiger partial charge in [-0.25, -0.2) is 0 Å². The summed E-state index contributed by atoms with van der Waals surface area (Å²) >= 11 is 0. The lowest BCUT2D eigenvalue weighted by Crippen LogP contribution is -2.50. The van der Waals surface area contributed by atoms with Crippen LogP contribution in [0.2, 0.25) is 0 Å². The normalized spacial score (nSPS) is 24.6. The fourth-order valence-corrected chi connectivity index (χ4v) is 2.77. The van der Waals surface area contributed by atoms with Crippen molar-refractivity contribution in [2.75, 3.05) is 19.7 Å². The average Bonchev–Trinajstić information content (AvgIpc) is 2.69. The van der Waals surface area contributed by atoms with Crippen LogP contribution in [0.15, 0.2) is 6.07 Å². The molecule has 0 spiro atoms. The topological polar surface area (TPSA) is 45.3 Å². The third-order valence-electron chi connectivity index (χ3n) is 3.85. The number of Topliss-reactive ketones (excluding diaryl/α,β-unsaturated/α-hetero) is 1. The standard InChI is InChI=1S/C15H24N2O2/c1-5-13-9-19-11(3)7-17(13)8-15(18)14-6-10(2)16-12(14)4/h6,11,13,16H,5,7-9H2,1-4H3. The average molecular weight is 264 g/mol. The maximum Gasteiger partial charge on any atom is 0.178 e. The maximum atomic E-state index is 12.4. The molecule has 0 bridgehead atoms. The van der Waals surface area contributed by atoms with E-state index < -0.39 is 0 Å². The Kier molecular flexibility index (Phi) is 4.42. The number of hydrogen-bond donors (Lipinski definition) is 1. The number of nitrogens with one attached hydrogen (secondary N) is 1. The molecule has 1 fully saturated rings. The Balaban J connectivity index is 2.06. The van der Waals surface area contributed by atoms with Crippen molar-refractivity contribution in [3.8, 4) is 0 Å². The van der Waals surface area contributed by atoms with Crippen LogP contribution in [0.5, 0.6) is 0 Å². The van der Waals surface area contributed by atoms with Crippen LogP contribution in [0.4, 0.5) is 0 Å². The number of carbonyl (C=O) groups excluding carboxylic acids is 1. The number of aryl methyl sites for hydroxylation is 2. The molecule has 0 aliphatic carbocycles. The lowest BCUT2D eigenvalue weighted by Gasteiger charge is -2.37. The molecule has 1 aliphatic rings. The molecule has 0 amide bonds. The van der Waals surface area contributed by atoms with Crippen LogP contribution in [-0.2, 0) is 4.74 Å². The van der Waals surface area contributed by atoms with Crippen LogP contribution in [0.3, 0.4) is 0 Å². The Bertz CT molecular complexity index is 453. The second-order valence-corrected chi connectivity index (χ2v) is 5.55. The molecule has 2 atom stereocenters. The second-order valence-electron chi connectivity index (χ2n) is 5.55. The van der Waals surface area contributed by atoms with E-state index in [2.05, 4.69) is 23.7 Å². The summed E-state index contributed by atoms with van der Waals surface area (Å²) in [5.74, 6) is 0.203. The van der Waals surface area contributed by atoms with Crippen molar-refractivity contribution in [1.82, 2.24) is 9.88 Å². The third kappa shape index (κ3) is 3.25. The molecule has 1 aliphatic heterocycles. The number of morpholine rings is 1. The van der Waals surface area contributed by atoms with E-state index in [4.69, 9.17) is 4.74 Å². The molecule has 2 unspecified atom stereocenters.